The van der Waals surface area contributed by atoms with Crippen molar-refractivity contribution in [2.24, 2.45) is 17.1 Å². The quantitative estimate of drug-likeness (QED) is 0.828. The van der Waals surface area contributed by atoms with E-state index in [1.807, 2.05) is 0 Å². The fourth-order valence-electron chi connectivity index (χ4n) is 1.58. The zero-order valence-electron chi connectivity index (χ0n) is 10.8. The minimum Gasteiger partial charge on any atom is -0.330 e. The maximum atomic E-state index is 11.9. The number of anilines is 1. The van der Waals surface area contributed by atoms with Crippen molar-refractivity contribution in [1.82, 2.24) is 10.1 Å². The molecule has 1 unspecified atom stereocenters. The van der Waals surface area contributed by atoms with Crippen LogP contribution in [0.1, 0.15) is 33.0 Å². The molecule has 0 bridgehead atoms. The van der Waals surface area contributed by atoms with Crippen LogP contribution in [0.15, 0.2) is 4.52 Å². The van der Waals surface area contributed by atoms with Crippen molar-refractivity contribution < 1.29 is 9.32 Å². The molecule has 3 N–H and O–H groups in total. The van der Waals surface area contributed by atoms with E-state index < -0.39 is 0 Å². The molecule has 1 amide bonds. The number of aromatic nitrogens is 2. The third-order valence-corrected chi connectivity index (χ3v) is 2.27. The highest BCUT2D eigenvalue weighted by molar-refractivity contribution is 5.90. The number of hydrogen-bond acceptors (Lipinski definition) is 5. The minimum atomic E-state index is -0.248. The highest BCUT2D eigenvalue weighted by atomic mass is 16.5. The number of rotatable bonds is 4. The van der Waals surface area contributed by atoms with Gasteiger partial charge < -0.3 is 10.3 Å². The normalized spacial score (nSPS) is 13.5. The van der Waals surface area contributed by atoms with Crippen LogP contribution in [0, 0.1) is 18.3 Å². The second kappa shape index (κ2) is 5.27. The molecular formula is C11H20N4O2. The summed E-state index contributed by atoms with van der Waals surface area (Å²) < 4.78 is 4.83. The average molecular weight is 240 g/mol. The number of nitrogens with zero attached hydrogens (tertiary/aromatic N) is 2. The first-order chi connectivity index (χ1) is 7.81. The summed E-state index contributed by atoms with van der Waals surface area (Å²) in [5.41, 5.74) is 5.66. The van der Waals surface area contributed by atoms with Gasteiger partial charge in [0.1, 0.15) is 0 Å². The SMILES string of the molecule is Cc1noc(NC(=O)C(CN)CC(C)(C)C)n1. The summed E-state index contributed by atoms with van der Waals surface area (Å²) in [5, 5.41) is 6.17. The monoisotopic (exact) mass is 240 g/mol. The topological polar surface area (TPSA) is 94.0 Å². The summed E-state index contributed by atoms with van der Waals surface area (Å²) in [6, 6.07) is 0.125. The lowest BCUT2D eigenvalue weighted by atomic mass is 9.84. The van der Waals surface area contributed by atoms with Crippen LogP contribution in [0.2, 0.25) is 0 Å². The van der Waals surface area contributed by atoms with E-state index in [-0.39, 0.29) is 23.3 Å². The first-order valence-electron chi connectivity index (χ1n) is 5.63. The van der Waals surface area contributed by atoms with Crippen LogP contribution >= 0.6 is 0 Å². The van der Waals surface area contributed by atoms with Gasteiger partial charge in [-0.05, 0) is 18.8 Å². The molecule has 96 valence electrons. The summed E-state index contributed by atoms with van der Waals surface area (Å²) in [6.07, 6.45) is 0.711. The lowest BCUT2D eigenvalue weighted by Crippen LogP contribution is -2.32. The Morgan fingerprint density at radius 3 is 2.59 bits per heavy atom. The molecule has 1 aromatic heterocycles. The smallest absolute Gasteiger partial charge is 0.328 e. The maximum Gasteiger partial charge on any atom is 0.328 e. The standard InChI is InChI=1S/C11H20N4O2/c1-7-13-10(17-15-7)14-9(16)8(6-12)5-11(2,3)4/h8H,5-6,12H2,1-4H3,(H,13,14,15,16). The van der Waals surface area contributed by atoms with Gasteiger partial charge in [-0.2, -0.15) is 4.98 Å². The highest BCUT2D eigenvalue weighted by Gasteiger charge is 2.24. The number of aryl methyl sites for hydroxylation is 1. The Bertz CT molecular complexity index is 381. The molecule has 0 saturated heterocycles. The number of nitrogens with two attached hydrogens (primary N) is 1. The van der Waals surface area contributed by atoms with Gasteiger partial charge in [-0.15, -0.1) is 0 Å². The molecular weight excluding hydrogens is 220 g/mol. The van der Waals surface area contributed by atoms with Crippen molar-refractivity contribution in [3.05, 3.63) is 5.82 Å². The van der Waals surface area contributed by atoms with E-state index in [1.165, 1.54) is 0 Å². The van der Waals surface area contributed by atoms with E-state index in [0.717, 1.165) is 0 Å². The van der Waals surface area contributed by atoms with Crippen molar-refractivity contribution in [2.75, 3.05) is 11.9 Å². The van der Waals surface area contributed by atoms with Crippen molar-refractivity contribution in [3.8, 4) is 0 Å². The molecule has 0 aromatic carbocycles. The molecule has 17 heavy (non-hydrogen) atoms. The fourth-order valence-corrected chi connectivity index (χ4v) is 1.58. The Hall–Kier alpha value is -1.43. The van der Waals surface area contributed by atoms with Crippen LogP contribution in [0.4, 0.5) is 6.01 Å². The predicted octanol–water partition coefficient (Wildman–Crippen LogP) is 1.33. The van der Waals surface area contributed by atoms with E-state index in [4.69, 9.17) is 10.3 Å². The molecule has 0 aliphatic rings. The summed E-state index contributed by atoms with van der Waals surface area (Å²) in [7, 11) is 0. The minimum absolute atomic E-state index is 0.0478. The molecule has 6 nitrogen and oxygen atoms in total. The van der Waals surface area contributed by atoms with Gasteiger partial charge in [0.05, 0.1) is 5.92 Å². The molecule has 0 aliphatic carbocycles. The molecule has 0 spiro atoms. The van der Waals surface area contributed by atoms with Gasteiger partial charge in [-0.1, -0.05) is 25.9 Å². The molecule has 0 radical (unpaired) electrons. The lowest BCUT2D eigenvalue weighted by molar-refractivity contribution is -0.120. The summed E-state index contributed by atoms with van der Waals surface area (Å²) >= 11 is 0. The summed E-state index contributed by atoms with van der Waals surface area (Å²) in [6.45, 7) is 8.20. The zero-order chi connectivity index (χ0) is 13.1. The van der Waals surface area contributed by atoms with Crippen molar-refractivity contribution in [2.45, 2.75) is 34.1 Å². The first kappa shape index (κ1) is 13.6. The Labute approximate surface area is 101 Å². The fraction of sp³-hybridized carbons (Fsp3) is 0.727. The molecule has 0 saturated carbocycles. The second-order valence-corrected chi connectivity index (χ2v) is 5.33. The Balaban J connectivity index is 2.61. The van der Waals surface area contributed by atoms with E-state index in [9.17, 15) is 4.79 Å². The highest BCUT2D eigenvalue weighted by Crippen LogP contribution is 2.24. The van der Waals surface area contributed by atoms with E-state index >= 15 is 0 Å². The number of amides is 1. The number of carbonyl (C=O) groups is 1. The van der Waals surface area contributed by atoms with E-state index in [0.29, 0.717) is 18.8 Å². The first-order valence-corrected chi connectivity index (χ1v) is 5.63. The van der Waals surface area contributed by atoms with Crippen molar-refractivity contribution in [1.29, 1.82) is 0 Å². The van der Waals surface area contributed by atoms with Gasteiger partial charge in [0.15, 0.2) is 5.82 Å². The summed E-state index contributed by atoms with van der Waals surface area (Å²) in [4.78, 5) is 15.8. The van der Waals surface area contributed by atoms with Gasteiger partial charge in [0.25, 0.3) is 0 Å². The predicted molar refractivity (Wildman–Crippen MR) is 64.3 cm³/mol. The van der Waals surface area contributed by atoms with Gasteiger partial charge in [0, 0.05) is 6.54 Å². The maximum absolute atomic E-state index is 11.9. The Morgan fingerprint density at radius 1 is 1.53 bits per heavy atom. The molecule has 1 rings (SSSR count). The molecule has 6 heteroatoms. The van der Waals surface area contributed by atoms with Crippen molar-refractivity contribution in [3.63, 3.8) is 0 Å². The van der Waals surface area contributed by atoms with Gasteiger partial charge in [-0.3, -0.25) is 10.1 Å². The molecule has 1 heterocycles. The van der Waals surface area contributed by atoms with Crippen LogP contribution in [-0.2, 0) is 4.79 Å². The number of carbonyl (C=O) groups excluding carboxylic acids is 1. The third-order valence-electron chi connectivity index (χ3n) is 2.27. The van der Waals surface area contributed by atoms with E-state index in [2.05, 4.69) is 36.2 Å². The molecule has 1 aromatic rings. The van der Waals surface area contributed by atoms with Crippen LogP contribution in [0.25, 0.3) is 0 Å². The Morgan fingerprint density at radius 2 is 2.18 bits per heavy atom. The zero-order valence-corrected chi connectivity index (χ0v) is 10.8. The van der Waals surface area contributed by atoms with E-state index in [1.54, 1.807) is 6.92 Å². The lowest BCUT2D eigenvalue weighted by Gasteiger charge is -2.23. The van der Waals surface area contributed by atoms with Crippen LogP contribution in [0.3, 0.4) is 0 Å². The second-order valence-electron chi connectivity index (χ2n) is 5.33. The number of hydrogen-bond donors (Lipinski definition) is 2. The van der Waals surface area contributed by atoms with Gasteiger partial charge in [0.2, 0.25) is 5.91 Å². The van der Waals surface area contributed by atoms with Gasteiger partial charge >= 0.3 is 6.01 Å². The Kier molecular flexibility index (Phi) is 4.22. The molecule has 0 fully saturated rings. The summed E-state index contributed by atoms with van der Waals surface area (Å²) in [5.74, 6) is 0.0636. The van der Waals surface area contributed by atoms with Crippen LogP contribution in [-0.4, -0.2) is 22.6 Å². The van der Waals surface area contributed by atoms with Gasteiger partial charge in [-0.25, -0.2) is 0 Å². The molecule has 0 aliphatic heterocycles. The van der Waals surface area contributed by atoms with Crippen molar-refractivity contribution >= 4 is 11.9 Å². The number of nitrogens with one attached hydrogen (secondary N) is 1. The van der Waals surface area contributed by atoms with Crippen LogP contribution in [0.5, 0.6) is 0 Å². The largest absolute Gasteiger partial charge is 0.330 e. The van der Waals surface area contributed by atoms with Crippen LogP contribution < -0.4 is 11.1 Å². The molecule has 1 atom stereocenters. The average Bonchev–Trinajstić information content (AvgIpc) is 2.59. The third kappa shape index (κ3) is 4.52.